The van der Waals surface area contributed by atoms with Crippen LogP contribution < -0.4 is 16.0 Å². The molecule has 0 saturated carbocycles. The SMILES string of the molecule is O=C1NC(=O)C(CNc2ncccn2)(Cn2cc3ccc(Cl)cc3c2O)N1. The van der Waals surface area contributed by atoms with Crippen LogP contribution >= 0.6 is 11.6 Å². The topological polar surface area (TPSA) is 121 Å². The number of hydrogen-bond donors (Lipinski definition) is 4. The van der Waals surface area contributed by atoms with E-state index >= 15 is 0 Å². The van der Waals surface area contributed by atoms with Gasteiger partial charge in [0.1, 0.15) is 0 Å². The average molecular weight is 387 g/mol. The zero-order valence-electron chi connectivity index (χ0n) is 13.9. The molecule has 0 radical (unpaired) electrons. The molecule has 1 unspecified atom stereocenters. The molecule has 0 bridgehead atoms. The summed E-state index contributed by atoms with van der Waals surface area (Å²) >= 11 is 5.99. The maximum atomic E-state index is 12.5. The summed E-state index contributed by atoms with van der Waals surface area (Å²) in [4.78, 5) is 32.4. The highest BCUT2D eigenvalue weighted by atomic mass is 35.5. The molecule has 1 atom stereocenters. The van der Waals surface area contributed by atoms with Crippen LogP contribution in [0.15, 0.2) is 42.9 Å². The molecule has 4 rings (SSSR count). The Kier molecular flexibility index (Phi) is 4.08. The van der Waals surface area contributed by atoms with Gasteiger partial charge in [-0.05, 0) is 18.2 Å². The van der Waals surface area contributed by atoms with Crippen LogP contribution in [0.4, 0.5) is 10.7 Å². The summed E-state index contributed by atoms with van der Waals surface area (Å²) in [6.07, 6.45) is 4.81. The lowest BCUT2D eigenvalue weighted by Crippen LogP contribution is -2.55. The van der Waals surface area contributed by atoms with Crippen LogP contribution in [0.3, 0.4) is 0 Å². The molecule has 138 valence electrons. The first-order valence-corrected chi connectivity index (χ1v) is 8.46. The summed E-state index contributed by atoms with van der Waals surface area (Å²) < 4.78 is 1.50. The maximum absolute atomic E-state index is 12.5. The normalized spacial score (nSPS) is 19.1. The van der Waals surface area contributed by atoms with Crippen LogP contribution in [0.2, 0.25) is 5.02 Å². The van der Waals surface area contributed by atoms with E-state index < -0.39 is 17.5 Å². The van der Waals surface area contributed by atoms with Crippen LogP contribution in [-0.4, -0.2) is 43.7 Å². The van der Waals surface area contributed by atoms with Crippen molar-refractivity contribution in [1.29, 1.82) is 0 Å². The second-order valence-corrected chi connectivity index (χ2v) is 6.66. The number of amides is 3. The van der Waals surface area contributed by atoms with Crippen molar-refractivity contribution in [3.05, 3.63) is 47.9 Å². The lowest BCUT2D eigenvalue weighted by Gasteiger charge is -2.27. The minimum absolute atomic E-state index is 0.00252. The fraction of sp³-hybridized carbons (Fsp3) is 0.176. The van der Waals surface area contributed by atoms with E-state index in [2.05, 4.69) is 25.9 Å². The molecule has 10 heteroatoms. The molecule has 1 aliphatic heterocycles. The van der Waals surface area contributed by atoms with E-state index in [1.54, 1.807) is 42.9 Å². The summed E-state index contributed by atoms with van der Waals surface area (Å²) in [5.74, 6) is -0.234. The van der Waals surface area contributed by atoms with Crippen molar-refractivity contribution in [3.8, 4) is 5.88 Å². The molecule has 3 amide bonds. The standard InChI is InChI=1S/C17H15ClN6O3/c18-11-3-2-10-7-24(13(25)12(10)6-11)9-17(14(26)22-16(27)23-17)8-21-15-19-4-1-5-20-15/h1-7,25H,8-9H2,(H,19,20,21)(H2,22,23,26,27). The Balaban J connectivity index is 1.67. The first-order chi connectivity index (χ1) is 13.0. The highest BCUT2D eigenvalue weighted by Gasteiger charge is 2.47. The van der Waals surface area contributed by atoms with Crippen molar-refractivity contribution in [2.24, 2.45) is 0 Å². The number of halogens is 1. The maximum Gasteiger partial charge on any atom is 0.322 e. The number of anilines is 1. The van der Waals surface area contributed by atoms with E-state index in [0.717, 1.165) is 5.39 Å². The summed E-state index contributed by atoms with van der Waals surface area (Å²) in [6.45, 7) is 0.0336. The Bertz CT molecular complexity index is 1040. The Morgan fingerprint density at radius 2 is 2.04 bits per heavy atom. The van der Waals surface area contributed by atoms with E-state index in [9.17, 15) is 14.7 Å². The van der Waals surface area contributed by atoms with Crippen LogP contribution in [0, 0.1) is 0 Å². The van der Waals surface area contributed by atoms with Crippen molar-refractivity contribution in [2.75, 3.05) is 11.9 Å². The number of benzene rings is 1. The molecule has 1 saturated heterocycles. The monoisotopic (exact) mass is 386 g/mol. The Morgan fingerprint density at radius 1 is 1.26 bits per heavy atom. The van der Waals surface area contributed by atoms with Gasteiger partial charge in [0.25, 0.3) is 5.91 Å². The summed E-state index contributed by atoms with van der Waals surface area (Å²) in [7, 11) is 0. The van der Waals surface area contributed by atoms with Crippen molar-refractivity contribution in [3.63, 3.8) is 0 Å². The van der Waals surface area contributed by atoms with E-state index in [1.807, 2.05) is 0 Å². The number of nitrogens with one attached hydrogen (secondary N) is 3. The van der Waals surface area contributed by atoms with E-state index in [4.69, 9.17) is 11.6 Å². The van der Waals surface area contributed by atoms with Gasteiger partial charge in [0, 0.05) is 34.4 Å². The van der Waals surface area contributed by atoms with Crippen molar-refractivity contribution < 1.29 is 14.7 Å². The molecular formula is C17H15ClN6O3. The fourth-order valence-electron chi connectivity index (χ4n) is 3.07. The number of hydrogen-bond acceptors (Lipinski definition) is 6. The second kappa shape index (κ2) is 6.44. The molecule has 9 nitrogen and oxygen atoms in total. The summed E-state index contributed by atoms with van der Waals surface area (Å²) in [5, 5.41) is 20.2. The zero-order chi connectivity index (χ0) is 19.0. The fourth-order valence-corrected chi connectivity index (χ4v) is 3.24. The minimum Gasteiger partial charge on any atom is -0.494 e. The third kappa shape index (κ3) is 3.13. The number of urea groups is 1. The number of fused-ring (bicyclic) bond motifs is 1. The number of carbonyl (C=O) groups is 2. The van der Waals surface area contributed by atoms with Gasteiger partial charge in [-0.1, -0.05) is 17.7 Å². The molecular weight excluding hydrogens is 372 g/mol. The van der Waals surface area contributed by atoms with Crippen LogP contribution in [0.5, 0.6) is 5.88 Å². The number of aromatic nitrogens is 3. The largest absolute Gasteiger partial charge is 0.494 e. The van der Waals surface area contributed by atoms with E-state index in [1.165, 1.54) is 4.57 Å². The van der Waals surface area contributed by atoms with Gasteiger partial charge in [-0.2, -0.15) is 0 Å². The Morgan fingerprint density at radius 3 is 2.74 bits per heavy atom. The van der Waals surface area contributed by atoms with Gasteiger partial charge in [-0.15, -0.1) is 0 Å². The molecule has 3 aromatic rings. The number of nitrogens with zero attached hydrogens (tertiary/aromatic N) is 3. The number of aromatic hydroxyl groups is 1. The molecule has 2 aromatic heterocycles. The lowest BCUT2D eigenvalue weighted by atomic mass is 10.00. The molecule has 1 fully saturated rings. The zero-order valence-corrected chi connectivity index (χ0v) is 14.7. The highest BCUT2D eigenvalue weighted by Crippen LogP contribution is 2.31. The number of carbonyl (C=O) groups excluding carboxylic acids is 2. The van der Waals surface area contributed by atoms with Crippen molar-refractivity contribution >= 4 is 40.3 Å². The molecule has 3 heterocycles. The van der Waals surface area contributed by atoms with Crippen molar-refractivity contribution in [1.82, 2.24) is 25.2 Å². The number of imide groups is 1. The third-order valence-electron chi connectivity index (χ3n) is 4.39. The van der Waals surface area contributed by atoms with Gasteiger partial charge in [0.15, 0.2) is 11.4 Å². The van der Waals surface area contributed by atoms with Gasteiger partial charge in [0.2, 0.25) is 5.95 Å². The number of rotatable bonds is 5. The van der Waals surface area contributed by atoms with Crippen LogP contribution in [0.1, 0.15) is 0 Å². The molecule has 0 aliphatic carbocycles. The van der Waals surface area contributed by atoms with Crippen LogP contribution in [-0.2, 0) is 11.3 Å². The second-order valence-electron chi connectivity index (χ2n) is 6.23. The average Bonchev–Trinajstić information content (AvgIpc) is 3.11. The predicted octanol–water partition coefficient (Wildman–Crippen LogP) is 1.48. The van der Waals surface area contributed by atoms with Gasteiger partial charge in [-0.3, -0.25) is 10.1 Å². The van der Waals surface area contributed by atoms with Gasteiger partial charge >= 0.3 is 6.03 Å². The molecule has 4 N–H and O–H groups in total. The van der Waals surface area contributed by atoms with Crippen molar-refractivity contribution in [2.45, 2.75) is 12.1 Å². The predicted molar refractivity (Wildman–Crippen MR) is 98.5 cm³/mol. The highest BCUT2D eigenvalue weighted by molar-refractivity contribution is 6.31. The van der Waals surface area contributed by atoms with Gasteiger partial charge in [0.05, 0.1) is 13.1 Å². The van der Waals surface area contributed by atoms with E-state index in [0.29, 0.717) is 16.4 Å². The molecule has 1 aromatic carbocycles. The molecule has 0 spiro atoms. The first-order valence-electron chi connectivity index (χ1n) is 8.09. The molecule has 1 aliphatic rings. The Hall–Kier alpha value is -3.33. The first kappa shape index (κ1) is 17.1. The van der Waals surface area contributed by atoms with Gasteiger partial charge < -0.3 is 20.3 Å². The summed E-state index contributed by atoms with van der Waals surface area (Å²) in [6, 6.07) is 6.18. The quantitative estimate of drug-likeness (QED) is 0.493. The van der Waals surface area contributed by atoms with E-state index in [-0.39, 0.29) is 19.0 Å². The van der Waals surface area contributed by atoms with Gasteiger partial charge in [-0.25, -0.2) is 14.8 Å². The lowest BCUT2D eigenvalue weighted by molar-refractivity contribution is -0.124. The Labute approximate surface area is 158 Å². The minimum atomic E-state index is -1.33. The third-order valence-corrected chi connectivity index (χ3v) is 4.63. The summed E-state index contributed by atoms with van der Waals surface area (Å²) in [5.41, 5.74) is -1.33. The smallest absolute Gasteiger partial charge is 0.322 e. The van der Waals surface area contributed by atoms with Crippen LogP contribution in [0.25, 0.3) is 10.8 Å². The molecule has 27 heavy (non-hydrogen) atoms.